The number of carbonyl (C=O) groups excluding carboxylic acids is 1. The Kier molecular flexibility index (Phi) is 2.90. The van der Waals surface area contributed by atoms with E-state index in [1.807, 2.05) is 0 Å². The van der Waals surface area contributed by atoms with Gasteiger partial charge in [0.25, 0.3) is 0 Å². The molecule has 2 rings (SSSR count). The molecular weight excluding hydrogens is 182 g/mol. The zero-order valence-corrected chi connectivity index (χ0v) is 7.82. The number of aromatic amines is 1. The summed E-state index contributed by atoms with van der Waals surface area (Å²) in [5, 5.41) is 3.25. The van der Waals surface area contributed by atoms with Crippen molar-refractivity contribution in [1.82, 2.24) is 15.3 Å². The molecule has 76 valence electrons. The van der Waals surface area contributed by atoms with E-state index in [4.69, 9.17) is 4.74 Å². The second-order valence-corrected chi connectivity index (χ2v) is 3.31. The van der Waals surface area contributed by atoms with Gasteiger partial charge in [0.1, 0.15) is 0 Å². The highest BCUT2D eigenvalue weighted by Crippen LogP contribution is 2.05. The highest BCUT2D eigenvalue weighted by Gasteiger charge is 2.14. The third-order valence-corrected chi connectivity index (χ3v) is 2.21. The largest absolute Gasteiger partial charge is 0.375 e. The second kappa shape index (κ2) is 4.34. The Hall–Kier alpha value is -1.20. The number of aromatic nitrogens is 2. The van der Waals surface area contributed by atoms with E-state index in [0.717, 1.165) is 31.8 Å². The number of rotatable bonds is 3. The van der Waals surface area contributed by atoms with E-state index in [1.54, 1.807) is 6.20 Å². The molecule has 0 aromatic carbocycles. The van der Waals surface area contributed by atoms with Crippen LogP contribution in [0.1, 0.15) is 16.3 Å². The Balaban J connectivity index is 1.92. The summed E-state index contributed by atoms with van der Waals surface area (Å²) in [4.78, 5) is 17.2. The van der Waals surface area contributed by atoms with Gasteiger partial charge in [-0.3, -0.25) is 4.79 Å². The molecule has 0 aliphatic carbocycles. The standard InChI is InChI=1S/C9H13N3O2/c13-6-9-11-4-7(12-9)3-8-5-10-1-2-14-8/h4,6,8,10H,1-3,5H2,(H,11,12). The van der Waals surface area contributed by atoms with E-state index in [9.17, 15) is 4.79 Å². The number of nitrogens with one attached hydrogen (secondary N) is 2. The minimum atomic E-state index is 0.184. The Labute approximate surface area is 81.9 Å². The van der Waals surface area contributed by atoms with Gasteiger partial charge in [-0.1, -0.05) is 0 Å². The van der Waals surface area contributed by atoms with Gasteiger partial charge in [0.05, 0.1) is 12.7 Å². The summed E-state index contributed by atoms with van der Waals surface area (Å²) in [5.74, 6) is 0.378. The van der Waals surface area contributed by atoms with E-state index in [2.05, 4.69) is 15.3 Å². The van der Waals surface area contributed by atoms with Gasteiger partial charge >= 0.3 is 0 Å². The Morgan fingerprint density at radius 1 is 1.71 bits per heavy atom. The first-order valence-corrected chi connectivity index (χ1v) is 4.70. The summed E-state index contributed by atoms with van der Waals surface area (Å²) in [7, 11) is 0. The lowest BCUT2D eigenvalue weighted by molar-refractivity contribution is 0.0287. The topological polar surface area (TPSA) is 67.0 Å². The number of carbonyl (C=O) groups is 1. The van der Waals surface area contributed by atoms with Gasteiger partial charge in [0.2, 0.25) is 0 Å². The van der Waals surface area contributed by atoms with Crippen LogP contribution in [0.3, 0.4) is 0 Å². The zero-order chi connectivity index (χ0) is 9.80. The highest BCUT2D eigenvalue weighted by atomic mass is 16.5. The van der Waals surface area contributed by atoms with E-state index in [-0.39, 0.29) is 6.10 Å². The van der Waals surface area contributed by atoms with Crippen molar-refractivity contribution in [3.63, 3.8) is 0 Å². The fourth-order valence-corrected chi connectivity index (χ4v) is 1.54. The maximum Gasteiger partial charge on any atom is 0.185 e. The molecule has 0 saturated carbocycles. The van der Waals surface area contributed by atoms with Crippen LogP contribution >= 0.6 is 0 Å². The maximum absolute atomic E-state index is 10.4. The number of imidazole rings is 1. The minimum Gasteiger partial charge on any atom is -0.375 e. The van der Waals surface area contributed by atoms with Crippen LogP contribution in [0.25, 0.3) is 0 Å². The third kappa shape index (κ3) is 2.18. The lowest BCUT2D eigenvalue weighted by Crippen LogP contribution is -2.39. The second-order valence-electron chi connectivity index (χ2n) is 3.31. The molecular formula is C9H13N3O2. The number of hydrogen-bond acceptors (Lipinski definition) is 4. The van der Waals surface area contributed by atoms with Crippen LogP contribution in [0.15, 0.2) is 6.20 Å². The summed E-state index contributed by atoms with van der Waals surface area (Å²) in [6, 6.07) is 0. The quantitative estimate of drug-likeness (QED) is 0.653. The fraction of sp³-hybridized carbons (Fsp3) is 0.556. The monoisotopic (exact) mass is 195 g/mol. The minimum absolute atomic E-state index is 0.184. The average molecular weight is 195 g/mol. The first-order chi connectivity index (χ1) is 6.88. The molecule has 14 heavy (non-hydrogen) atoms. The van der Waals surface area contributed by atoms with Crippen molar-refractivity contribution in [2.75, 3.05) is 19.7 Å². The van der Waals surface area contributed by atoms with E-state index in [1.165, 1.54) is 0 Å². The maximum atomic E-state index is 10.4. The number of ether oxygens (including phenoxy) is 1. The van der Waals surface area contributed by atoms with E-state index < -0.39 is 0 Å². The predicted molar refractivity (Wildman–Crippen MR) is 50.3 cm³/mol. The van der Waals surface area contributed by atoms with E-state index >= 15 is 0 Å². The van der Waals surface area contributed by atoms with Crippen molar-refractivity contribution in [2.24, 2.45) is 0 Å². The Morgan fingerprint density at radius 2 is 2.64 bits per heavy atom. The number of morpholine rings is 1. The molecule has 0 spiro atoms. The first-order valence-electron chi connectivity index (χ1n) is 4.70. The average Bonchev–Trinajstić information content (AvgIpc) is 2.67. The first kappa shape index (κ1) is 9.36. The van der Waals surface area contributed by atoms with Gasteiger partial charge < -0.3 is 15.0 Å². The molecule has 2 heterocycles. The molecule has 1 unspecified atom stereocenters. The SMILES string of the molecule is O=Cc1ncc(CC2CNCCO2)[nH]1. The van der Waals surface area contributed by atoms with Crippen molar-refractivity contribution in [2.45, 2.75) is 12.5 Å². The molecule has 1 atom stereocenters. The molecule has 1 saturated heterocycles. The molecule has 5 heteroatoms. The van der Waals surface area contributed by atoms with Crippen molar-refractivity contribution in [3.8, 4) is 0 Å². The van der Waals surface area contributed by atoms with Gasteiger partial charge in [0, 0.05) is 31.4 Å². The third-order valence-electron chi connectivity index (χ3n) is 2.21. The van der Waals surface area contributed by atoms with Crippen LogP contribution < -0.4 is 5.32 Å². The van der Waals surface area contributed by atoms with E-state index in [0.29, 0.717) is 12.1 Å². The van der Waals surface area contributed by atoms with Crippen molar-refractivity contribution in [3.05, 3.63) is 17.7 Å². The van der Waals surface area contributed by atoms with Crippen molar-refractivity contribution >= 4 is 6.29 Å². The molecule has 1 aromatic rings. The summed E-state index contributed by atoms with van der Waals surface area (Å²) >= 11 is 0. The molecule has 0 amide bonds. The summed E-state index contributed by atoms with van der Waals surface area (Å²) < 4.78 is 5.53. The number of hydrogen-bond donors (Lipinski definition) is 2. The molecule has 1 fully saturated rings. The molecule has 0 bridgehead atoms. The predicted octanol–water partition coefficient (Wildman–Crippen LogP) is -0.247. The van der Waals surface area contributed by atoms with Gasteiger partial charge in [-0.2, -0.15) is 0 Å². The van der Waals surface area contributed by atoms with Crippen molar-refractivity contribution in [1.29, 1.82) is 0 Å². The van der Waals surface area contributed by atoms with Gasteiger partial charge in [0.15, 0.2) is 12.1 Å². The highest BCUT2D eigenvalue weighted by molar-refractivity contribution is 5.68. The molecule has 0 radical (unpaired) electrons. The number of nitrogens with zero attached hydrogens (tertiary/aromatic N) is 1. The normalized spacial score (nSPS) is 22.1. The summed E-state index contributed by atoms with van der Waals surface area (Å²) in [5.41, 5.74) is 0.945. The van der Waals surface area contributed by atoms with Crippen molar-refractivity contribution < 1.29 is 9.53 Å². The van der Waals surface area contributed by atoms with Gasteiger partial charge in [-0.25, -0.2) is 4.98 Å². The van der Waals surface area contributed by atoms with Crippen LogP contribution in [-0.4, -0.2) is 42.1 Å². The lowest BCUT2D eigenvalue weighted by atomic mass is 10.2. The summed E-state index contributed by atoms with van der Waals surface area (Å²) in [6.45, 7) is 2.52. The molecule has 5 nitrogen and oxygen atoms in total. The van der Waals surface area contributed by atoms with Gasteiger partial charge in [-0.05, 0) is 0 Å². The molecule has 1 aliphatic heterocycles. The number of H-pyrrole nitrogens is 1. The molecule has 1 aliphatic rings. The van der Waals surface area contributed by atoms with Crippen LogP contribution in [0.2, 0.25) is 0 Å². The molecule has 1 aromatic heterocycles. The van der Waals surface area contributed by atoms with Crippen LogP contribution in [0.4, 0.5) is 0 Å². The van der Waals surface area contributed by atoms with Crippen LogP contribution in [-0.2, 0) is 11.2 Å². The summed E-state index contributed by atoms with van der Waals surface area (Å²) in [6.07, 6.45) is 3.35. The molecule has 2 N–H and O–H groups in total. The Bertz CT molecular complexity index is 305. The fourth-order valence-electron chi connectivity index (χ4n) is 1.54. The van der Waals surface area contributed by atoms with Crippen LogP contribution in [0, 0.1) is 0 Å². The zero-order valence-electron chi connectivity index (χ0n) is 7.82. The lowest BCUT2D eigenvalue weighted by Gasteiger charge is -2.22. The Morgan fingerprint density at radius 3 is 3.29 bits per heavy atom. The van der Waals surface area contributed by atoms with Crippen LogP contribution in [0.5, 0.6) is 0 Å². The number of aldehydes is 1. The smallest absolute Gasteiger partial charge is 0.185 e. The van der Waals surface area contributed by atoms with Gasteiger partial charge in [-0.15, -0.1) is 0 Å².